The predicted octanol–water partition coefficient (Wildman–Crippen LogP) is 4.83. The second kappa shape index (κ2) is 6.81. The summed E-state index contributed by atoms with van der Waals surface area (Å²) in [4.78, 5) is 32.9. The van der Waals surface area contributed by atoms with Crippen LogP contribution < -0.4 is 5.32 Å². The quantitative estimate of drug-likeness (QED) is 0.483. The molecule has 0 bridgehead atoms. The molecule has 7 heteroatoms. The Labute approximate surface area is 177 Å². The number of rotatable bonds is 4. The van der Waals surface area contributed by atoms with Gasteiger partial charge in [0.25, 0.3) is 5.91 Å². The number of carbonyl (C=O) groups is 2. The third-order valence-electron chi connectivity index (χ3n) is 5.54. The van der Waals surface area contributed by atoms with Crippen molar-refractivity contribution >= 4 is 34.0 Å². The SMILES string of the molecule is Cc1oc(-c2cccs2)nc1CN1C(=O)NC(C)(c2cccc3ccccc23)C1=O. The van der Waals surface area contributed by atoms with Crippen LogP contribution in [-0.4, -0.2) is 21.8 Å². The van der Waals surface area contributed by atoms with Crippen molar-refractivity contribution in [1.29, 1.82) is 0 Å². The van der Waals surface area contributed by atoms with Crippen molar-refractivity contribution in [3.8, 4) is 10.8 Å². The minimum Gasteiger partial charge on any atom is -0.440 e. The smallest absolute Gasteiger partial charge is 0.325 e. The molecule has 2 aromatic heterocycles. The minimum atomic E-state index is -1.15. The van der Waals surface area contributed by atoms with Gasteiger partial charge in [0.1, 0.15) is 17.0 Å². The molecule has 5 rings (SSSR count). The fourth-order valence-electron chi connectivity index (χ4n) is 3.91. The third-order valence-corrected chi connectivity index (χ3v) is 6.39. The van der Waals surface area contributed by atoms with Crippen LogP contribution in [-0.2, 0) is 16.9 Å². The normalized spacial score (nSPS) is 18.9. The van der Waals surface area contributed by atoms with Crippen LogP contribution in [0, 0.1) is 6.92 Å². The van der Waals surface area contributed by atoms with Gasteiger partial charge in [-0.2, -0.15) is 0 Å². The van der Waals surface area contributed by atoms with Gasteiger partial charge in [0.15, 0.2) is 0 Å². The van der Waals surface area contributed by atoms with E-state index in [0.717, 1.165) is 21.2 Å². The number of hydrogen-bond donors (Lipinski definition) is 1. The molecule has 1 saturated heterocycles. The maximum absolute atomic E-state index is 13.4. The van der Waals surface area contributed by atoms with Crippen LogP contribution in [0.1, 0.15) is 23.9 Å². The van der Waals surface area contributed by atoms with Gasteiger partial charge < -0.3 is 9.73 Å². The lowest BCUT2D eigenvalue weighted by molar-refractivity contribution is -0.131. The average Bonchev–Trinajstić information content (AvgIpc) is 3.45. The molecule has 150 valence electrons. The summed E-state index contributed by atoms with van der Waals surface area (Å²) in [5, 5.41) is 6.80. The van der Waals surface area contributed by atoms with Gasteiger partial charge in [0.05, 0.1) is 11.4 Å². The highest BCUT2D eigenvalue weighted by atomic mass is 32.1. The summed E-state index contributed by atoms with van der Waals surface area (Å²) in [5.41, 5.74) is 0.202. The lowest BCUT2D eigenvalue weighted by atomic mass is 9.88. The molecule has 0 aliphatic carbocycles. The second-order valence-electron chi connectivity index (χ2n) is 7.47. The summed E-state index contributed by atoms with van der Waals surface area (Å²) in [6.07, 6.45) is 0. The Morgan fingerprint density at radius 2 is 1.90 bits per heavy atom. The molecule has 2 aromatic carbocycles. The molecule has 1 aliphatic rings. The van der Waals surface area contributed by atoms with E-state index in [-0.39, 0.29) is 12.5 Å². The Morgan fingerprint density at radius 1 is 1.10 bits per heavy atom. The molecule has 6 nitrogen and oxygen atoms in total. The number of imide groups is 1. The van der Waals surface area contributed by atoms with Gasteiger partial charge in [-0.1, -0.05) is 48.5 Å². The van der Waals surface area contributed by atoms with Crippen molar-refractivity contribution in [2.24, 2.45) is 0 Å². The van der Waals surface area contributed by atoms with E-state index in [1.165, 1.54) is 16.2 Å². The molecule has 3 heterocycles. The van der Waals surface area contributed by atoms with Crippen molar-refractivity contribution < 1.29 is 14.0 Å². The highest BCUT2D eigenvalue weighted by Gasteiger charge is 2.49. The second-order valence-corrected chi connectivity index (χ2v) is 8.42. The van der Waals surface area contributed by atoms with E-state index in [9.17, 15) is 9.59 Å². The maximum Gasteiger partial charge on any atom is 0.325 e. The summed E-state index contributed by atoms with van der Waals surface area (Å²) in [5.74, 6) is 0.794. The lowest BCUT2D eigenvalue weighted by Crippen LogP contribution is -2.41. The van der Waals surface area contributed by atoms with Crippen molar-refractivity contribution in [3.63, 3.8) is 0 Å². The molecule has 0 radical (unpaired) electrons. The van der Waals surface area contributed by atoms with Gasteiger partial charge in [-0.3, -0.25) is 9.69 Å². The van der Waals surface area contributed by atoms with Gasteiger partial charge in [-0.15, -0.1) is 11.3 Å². The van der Waals surface area contributed by atoms with E-state index in [4.69, 9.17) is 4.42 Å². The number of oxazole rings is 1. The Hall–Kier alpha value is -3.45. The van der Waals surface area contributed by atoms with Gasteiger partial charge in [0.2, 0.25) is 5.89 Å². The van der Waals surface area contributed by atoms with E-state index in [1.54, 1.807) is 13.8 Å². The summed E-state index contributed by atoms with van der Waals surface area (Å²) in [7, 11) is 0. The Kier molecular flexibility index (Phi) is 4.22. The molecule has 1 N–H and O–H groups in total. The van der Waals surface area contributed by atoms with E-state index in [1.807, 2.05) is 60.0 Å². The molecular formula is C23H19N3O3S. The van der Waals surface area contributed by atoms with Gasteiger partial charge in [0, 0.05) is 0 Å². The first-order valence-corrected chi connectivity index (χ1v) is 10.5. The number of thiophene rings is 1. The molecule has 0 spiro atoms. The van der Waals surface area contributed by atoms with Crippen molar-refractivity contribution in [2.45, 2.75) is 25.9 Å². The number of nitrogens with one attached hydrogen (secondary N) is 1. The van der Waals surface area contributed by atoms with Gasteiger partial charge in [-0.25, -0.2) is 9.78 Å². The summed E-state index contributed by atoms with van der Waals surface area (Å²) < 4.78 is 5.76. The monoisotopic (exact) mass is 417 g/mol. The molecule has 1 unspecified atom stereocenters. The van der Waals surface area contributed by atoms with Crippen LogP contribution in [0.3, 0.4) is 0 Å². The molecule has 3 amide bonds. The zero-order valence-electron chi connectivity index (χ0n) is 16.5. The first-order chi connectivity index (χ1) is 14.5. The standard InChI is InChI=1S/C23H19N3O3S/c1-14-18(24-20(29-14)19-11-6-12-30-19)13-26-21(27)23(2,25-22(26)28)17-10-5-8-15-7-3-4-9-16(15)17/h3-12H,13H2,1-2H3,(H,25,28). The topological polar surface area (TPSA) is 75.4 Å². The van der Waals surface area contributed by atoms with Gasteiger partial charge in [-0.05, 0) is 41.6 Å². The third kappa shape index (κ3) is 2.81. The van der Waals surface area contributed by atoms with Crippen LogP contribution in [0.5, 0.6) is 0 Å². The van der Waals surface area contributed by atoms with E-state index < -0.39 is 11.6 Å². The highest BCUT2D eigenvalue weighted by Crippen LogP contribution is 2.35. The number of benzene rings is 2. The molecule has 30 heavy (non-hydrogen) atoms. The Morgan fingerprint density at radius 3 is 2.70 bits per heavy atom. The Balaban J connectivity index is 1.49. The number of amides is 3. The van der Waals surface area contributed by atoms with Crippen molar-refractivity contribution in [1.82, 2.24) is 15.2 Å². The number of hydrogen-bond acceptors (Lipinski definition) is 5. The zero-order chi connectivity index (χ0) is 20.9. The first kappa shape index (κ1) is 18.6. The van der Waals surface area contributed by atoms with Crippen LogP contribution in [0.25, 0.3) is 21.5 Å². The summed E-state index contributed by atoms with van der Waals surface area (Å²) in [6, 6.07) is 17.0. The molecule has 4 aromatic rings. The number of urea groups is 1. The molecule has 1 atom stereocenters. The van der Waals surface area contributed by atoms with E-state index >= 15 is 0 Å². The highest BCUT2D eigenvalue weighted by molar-refractivity contribution is 7.13. The fraction of sp³-hybridized carbons (Fsp3) is 0.174. The van der Waals surface area contributed by atoms with Crippen LogP contribution in [0.15, 0.2) is 64.4 Å². The zero-order valence-corrected chi connectivity index (χ0v) is 17.3. The Bertz CT molecular complexity index is 1270. The lowest BCUT2D eigenvalue weighted by Gasteiger charge is -2.24. The van der Waals surface area contributed by atoms with E-state index in [0.29, 0.717) is 17.3 Å². The number of aryl methyl sites for hydroxylation is 1. The molecule has 1 fully saturated rings. The van der Waals surface area contributed by atoms with Crippen LogP contribution in [0.4, 0.5) is 4.79 Å². The summed E-state index contributed by atoms with van der Waals surface area (Å²) in [6.45, 7) is 3.61. The summed E-state index contributed by atoms with van der Waals surface area (Å²) >= 11 is 1.52. The number of fused-ring (bicyclic) bond motifs is 1. The molecule has 1 aliphatic heterocycles. The van der Waals surface area contributed by atoms with Crippen molar-refractivity contribution in [3.05, 3.63) is 77.0 Å². The van der Waals surface area contributed by atoms with E-state index in [2.05, 4.69) is 10.3 Å². The molecular weight excluding hydrogens is 398 g/mol. The number of aromatic nitrogens is 1. The van der Waals surface area contributed by atoms with Crippen LogP contribution >= 0.6 is 11.3 Å². The van der Waals surface area contributed by atoms with Crippen LogP contribution in [0.2, 0.25) is 0 Å². The fourth-order valence-corrected chi connectivity index (χ4v) is 4.56. The largest absolute Gasteiger partial charge is 0.440 e. The van der Waals surface area contributed by atoms with Gasteiger partial charge >= 0.3 is 6.03 Å². The maximum atomic E-state index is 13.4. The van der Waals surface area contributed by atoms with Crippen molar-refractivity contribution in [2.75, 3.05) is 0 Å². The minimum absolute atomic E-state index is 0.0612. The number of carbonyl (C=O) groups excluding carboxylic acids is 2. The first-order valence-electron chi connectivity index (χ1n) is 9.60. The predicted molar refractivity (Wildman–Crippen MR) is 115 cm³/mol. The molecule has 0 saturated carbocycles. The number of nitrogens with zero attached hydrogens (tertiary/aromatic N) is 2. The average molecular weight is 417 g/mol.